The van der Waals surface area contributed by atoms with E-state index >= 15 is 4.39 Å². The lowest BCUT2D eigenvalue weighted by Gasteiger charge is -2.22. The lowest BCUT2D eigenvalue weighted by molar-refractivity contribution is 0.0545. The smallest absolute Gasteiger partial charge is 0.284 e. The zero-order valence-electron chi connectivity index (χ0n) is 25.1. The minimum atomic E-state index is -1.18. The quantitative estimate of drug-likeness (QED) is 0.176. The van der Waals surface area contributed by atoms with Crippen molar-refractivity contribution in [1.29, 1.82) is 0 Å². The number of carbonyl (C=O) groups excluding carboxylic acids is 2. The summed E-state index contributed by atoms with van der Waals surface area (Å²) in [7, 11) is 1.54. The van der Waals surface area contributed by atoms with Crippen LogP contribution in [0.1, 0.15) is 39.6 Å². The standard InChI is InChI=1S/C32H32FN5O6S/c1-19-27(31(41)38(21-8-6-5-7-9-21)37(19)18-32(2,3)42)30(40)36-20-10-11-24(22(33)16-20)44-25-12-13-34-23-17-26(45-28(23)25)29(39)35-14-15-43-4/h5-13,16-17,42H,14-15,18H2,1-4H3,(H,35,39)(H,36,40). The number of amides is 2. The van der Waals surface area contributed by atoms with Crippen molar-refractivity contribution in [2.75, 3.05) is 25.6 Å². The van der Waals surface area contributed by atoms with Crippen LogP contribution in [0.2, 0.25) is 0 Å². The Morgan fingerprint density at radius 2 is 1.82 bits per heavy atom. The van der Waals surface area contributed by atoms with E-state index in [1.165, 1.54) is 23.0 Å². The Bertz CT molecular complexity index is 1930. The highest BCUT2D eigenvalue weighted by Gasteiger charge is 2.27. The van der Waals surface area contributed by atoms with Crippen LogP contribution in [0.5, 0.6) is 11.5 Å². The third kappa shape index (κ3) is 6.95. The zero-order chi connectivity index (χ0) is 32.3. The fourth-order valence-corrected chi connectivity index (χ4v) is 5.71. The van der Waals surface area contributed by atoms with Crippen LogP contribution in [0.3, 0.4) is 0 Å². The van der Waals surface area contributed by atoms with Crippen molar-refractivity contribution in [3.05, 3.63) is 99.2 Å². The number of ether oxygens (including phenoxy) is 2. The Labute approximate surface area is 261 Å². The minimum absolute atomic E-state index is 0.0450. The molecule has 2 amide bonds. The number of aromatic nitrogens is 3. The van der Waals surface area contributed by atoms with Crippen molar-refractivity contribution in [3.63, 3.8) is 0 Å². The maximum absolute atomic E-state index is 15.3. The van der Waals surface area contributed by atoms with Gasteiger partial charge in [-0.05, 0) is 51.1 Å². The number of carbonyl (C=O) groups is 2. The molecular weight excluding hydrogens is 601 g/mol. The van der Waals surface area contributed by atoms with Gasteiger partial charge in [-0.2, -0.15) is 0 Å². The fourth-order valence-electron chi connectivity index (χ4n) is 4.73. The number of halogens is 1. The van der Waals surface area contributed by atoms with E-state index in [0.29, 0.717) is 45.4 Å². The molecule has 0 aliphatic rings. The van der Waals surface area contributed by atoms with Crippen LogP contribution in [0.25, 0.3) is 15.9 Å². The fraction of sp³-hybridized carbons (Fsp3) is 0.250. The first-order chi connectivity index (χ1) is 21.5. The Morgan fingerprint density at radius 1 is 1.07 bits per heavy atom. The van der Waals surface area contributed by atoms with Crippen molar-refractivity contribution in [3.8, 4) is 17.2 Å². The van der Waals surface area contributed by atoms with E-state index in [-0.39, 0.29) is 29.5 Å². The molecule has 0 saturated carbocycles. The molecule has 0 atom stereocenters. The number of hydrogen-bond acceptors (Lipinski definition) is 8. The number of pyridine rings is 1. The first-order valence-electron chi connectivity index (χ1n) is 14.0. The highest BCUT2D eigenvalue weighted by atomic mass is 32.1. The third-order valence-electron chi connectivity index (χ3n) is 6.76. The number of methoxy groups -OCH3 is 1. The molecule has 2 aromatic carbocycles. The third-order valence-corrected chi connectivity index (χ3v) is 7.90. The highest BCUT2D eigenvalue weighted by molar-refractivity contribution is 7.21. The lowest BCUT2D eigenvalue weighted by atomic mass is 10.1. The molecule has 0 bridgehead atoms. The normalized spacial score (nSPS) is 11.5. The molecule has 0 saturated heterocycles. The molecule has 13 heteroatoms. The van der Waals surface area contributed by atoms with Gasteiger partial charge in [0.05, 0.1) is 45.2 Å². The van der Waals surface area contributed by atoms with Crippen LogP contribution >= 0.6 is 11.3 Å². The van der Waals surface area contributed by atoms with E-state index in [4.69, 9.17) is 9.47 Å². The molecule has 0 radical (unpaired) electrons. The number of para-hydroxylation sites is 1. The average Bonchev–Trinajstić information content (AvgIpc) is 3.53. The number of anilines is 1. The predicted molar refractivity (Wildman–Crippen MR) is 169 cm³/mol. The molecule has 0 spiro atoms. The summed E-state index contributed by atoms with van der Waals surface area (Å²) in [4.78, 5) is 44.1. The second kappa shape index (κ2) is 13.0. The maximum Gasteiger partial charge on any atom is 0.284 e. The SMILES string of the molecule is COCCNC(=O)c1cc2nccc(Oc3ccc(NC(=O)c4c(C)n(CC(C)(C)O)n(-c5ccccc5)c4=O)cc3F)c2s1. The van der Waals surface area contributed by atoms with Gasteiger partial charge in [0.25, 0.3) is 17.4 Å². The molecule has 0 fully saturated rings. The topological polar surface area (TPSA) is 137 Å². The van der Waals surface area contributed by atoms with Crippen molar-refractivity contribution >= 4 is 39.1 Å². The van der Waals surface area contributed by atoms with E-state index < -0.39 is 22.9 Å². The first kappa shape index (κ1) is 31.6. The monoisotopic (exact) mass is 633 g/mol. The lowest BCUT2D eigenvalue weighted by Crippen LogP contribution is -2.32. The molecule has 11 nitrogen and oxygen atoms in total. The zero-order valence-corrected chi connectivity index (χ0v) is 25.9. The molecule has 45 heavy (non-hydrogen) atoms. The van der Waals surface area contributed by atoms with E-state index in [9.17, 15) is 19.5 Å². The van der Waals surface area contributed by atoms with Crippen molar-refractivity contribution in [2.24, 2.45) is 0 Å². The van der Waals surface area contributed by atoms with Gasteiger partial charge >= 0.3 is 0 Å². The number of nitrogens with zero attached hydrogens (tertiary/aromatic N) is 3. The minimum Gasteiger partial charge on any atom is -0.453 e. The van der Waals surface area contributed by atoms with Crippen molar-refractivity contribution in [2.45, 2.75) is 32.9 Å². The molecule has 5 rings (SSSR count). The summed E-state index contributed by atoms with van der Waals surface area (Å²) in [6.45, 7) is 5.60. The van der Waals surface area contributed by atoms with Crippen LogP contribution in [0, 0.1) is 12.7 Å². The van der Waals surface area contributed by atoms with Gasteiger partial charge in [0.1, 0.15) is 11.3 Å². The molecule has 234 valence electrons. The summed E-state index contributed by atoms with van der Waals surface area (Å²) < 4.78 is 29.5. The van der Waals surface area contributed by atoms with Crippen LogP contribution in [-0.2, 0) is 11.3 Å². The number of aliphatic hydroxyl groups is 1. The summed E-state index contributed by atoms with van der Waals surface area (Å²) in [6.07, 6.45) is 1.50. The van der Waals surface area contributed by atoms with E-state index in [1.54, 1.807) is 75.0 Å². The maximum atomic E-state index is 15.3. The molecule has 0 aliphatic carbocycles. The van der Waals surface area contributed by atoms with Gasteiger partial charge in [-0.3, -0.25) is 24.0 Å². The number of hydrogen-bond donors (Lipinski definition) is 3. The molecule has 3 heterocycles. The first-order valence-corrected chi connectivity index (χ1v) is 14.8. The Hall–Kier alpha value is -4.85. The summed E-state index contributed by atoms with van der Waals surface area (Å²) >= 11 is 1.16. The summed E-state index contributed by atoms with van der Waals surface area (Å²) in [6, 6.07) is 15.9. The summed E-state index contributed by atoms with van der Waals surface area (Å²) in [5.41, 5.74) is -0.401. The van der Waals surface area contributed by atoms with Crippen molar-refractivity contribution < 1.29 is 28.6 Å². The number of benzene rings is 2. The molecule has 0 unspecified atom stereocenters. The number of fused-ring (bicyclic) bond motifs is 1. The number of nitrogens with one attached hydrogen (secondary N) is 2. The van der Waals surface area contributed by atoms with Gasteiger partial charge in [-0.25, -0.2) is 9.07 Å². The Kier molecular flexibility index (Phi) is 9.14. The second-order valence-electron chi connectivity index (χ2n) is 10.9. The van der Waals surface area contributed by atoms with E-state index in [0.717, 1.165) is 17.4 Å². The number of rotatable bonds is 11. The Balaban J connectivity index is 1.38. The summed E-state index contributed by atoms with van der Waals surface area (Å²) in [5.74, 6) is -1.57. The van der Waals surface area contributed by atoms with Gasteiger partial charge in [-0.15, -0.1) is 11.3 Å². The Morgan fingerprint density at radius 3 is 2.51 bits per heavy atom. The molecule has 3 aromatic heterocycles. The number of thiophene rings is 1. The average molecular weight is 634 g/mol. The molecule has 3 N–H and O–H groups in total. The molecule has 5 aromatic rings. The predicted octanol–water partition coefficient (Wildman–Crippen LogP) is 4.89. The highest BCUT2D eigenvalue weighted by Crippen LogP contribution is 2.36. The largest absolute Gasteiger partial charge is 0.453 e. The van der Waals surface area contributed by atoms with Gasteiger partial charge < -0.3 is 25.2 Å². The van der Waals surface area contributed by atoms with Crippen molar-refractivity contribution in [1.82, 2.24) is 19.7 Å². The van der Waals surface area contributed by atoms with Crippen LogP contribution in [0.4, 0.5) is 10.1 Å². The molecule has 0 aliphatic heterocycles. The van der Waals surface area contributed by atoms with Crippen LogP contribution < -0.4 is 20.9 Å². The van der Waals surface area contributed by atoms with Gasteiger partial charge in [0.15, 0.2) is 11.6 Å². The van der Waals surface area contributed by atoms with Gasteiger partial charge in [-0.1, -0.05) is 18.2 Å². The summed E-state index contributed by atoms with van der Waals surface area (Å²) in [5, 5.41) is 15.9. The van der Waals surface area contributed by atoms with E-state index in [2.05, 4.69) is 15.6 Å². The van der Waals surface area contributed by atoms with Gasteiger partial charge in [0.2, 0.25) is 0 Å². The van der Waals surface area contributed by atoms with Crippen LogP contribution in [0.15, 0.2) is 71.7 Å². The van der Waals surface area contributed by atoms with E-state index in [1.807, 2.05) is 0 Å². The molecular formula is C32H32FN5O6S. The van der Waals surface area contributed by atoms with Crippen LogP contribution in [-0.4, -0.2) is 57.1 Å². The second-order valence-corrected chi connectivity index (χ2v) is 11.9. The van der Waals surface area contributed by atoms with Gasteiger partial charge in [0, 0.05) is 37.7 Å².